The van der Waals surface area contributed by atoms with Crippen LogP contribution in [-0.4, -0.2) is 97.6 Å². The number of nitrogens with two attached hydrogens (primary N) is 1. The first-order valence-corrected chi connectivity index (χ1v) is 10.4. The minimum Gasteiger partial charge on any atom is -0.481 e. The summed E-state index contributed by atoms with van der Waals surface area (Å²) in [6.07, 6.45) is -1.94. The summed E-state index contributed by atoms with van der Waals surface area (Å²) in [5.41, 5.74) is 5.60. The molecule has 0 bridgehead atoms. The molecule has 4 atom stereocenters. The van der Waals surface area contributed by atoms with Gasteiger partial charge in [-0.05, 0) is 25.7 Å². The Bertz CT molecular complexity index is 831. The standard InChI is InChI=1S/C19H28N4O11/c20-9(3-5-13(24)25)16(30)22-11(8-15(28)29)18(32)23-7-1-2-12(23)17(31)21-10(19(33)34)4-6-14(26)27/h9-12H,1-8,20H2,(H,21,31)(H,22,30)(H,24,25)(H,26,27)(H,28,29)(H,33,34). The van der Waals surface area contributed by atoms with E-state index in [1.807, 2.05) is 0 Å². The fraction of sp³-hybridized carbons (Fsp3) is 0.632. The summed E-state index contributed by atoms with van der Waals surface area (Å²) in [7, 11) is 0. The maximum absolute atomic E-state index is 13.0. The molecule has 0 aliphatic carbocycles. The van der Waals surface area contributed by atoms with Gasteiger partial charge >= 0.3 is 23.9 Å². The van der Waals surface area contributed by atoms with Crippen LogP contribution in [0.25, 0.3) is 0 Å². The topological polar surface area (TPSA) is 254 Å². The van der Waals surface area contributed by atoms with Gasteiger partial charge in [-0.2, -0.15) is 0 Å². The van der Waals surface area contributed by atoms with E-state index in [-0.39, 0.29) is 25.8 Å². The van der Waals surface area contributed by atoms with Crippen molar-refractivity contribution in [3.8, 4) is 0 Å². The molecule has 15 nitrogen and oxygen atoms in total. The van der Waals surface area contributed by atoms with E-state index < -0.39 is 85.0 Å². The Labute approximate surface area is 193 Å². The lowest BCUT2D eigenvalue weighted by molar-refractivity contribution is -0.147. The number of carbonyl (C=O) groups excluding carboxylic acids is 3. The Morgan fingerprint density at radius 3 is 1.97 bits per heavy atom. The van der Waals surface area contributed by atoms with Crippen molar-refractivity contribution in [1.29, 1.82) is 0 Å². The zero-order valence-electron chi connectivity index (χ0n) is 18.1. The lowest BCUT2D eigenvalue weighted by Gasteiger charge is -2.29. The Morgan fingerprint density at radius 1 is 0.853 bits per heavy atom. The largest absolute Gasteiger partial charge is 0.481 e. The molecule has 0 aromatic rings. The van der Waals surface area contributed by atoms with Crippen LogP contribution in [0.1, 0.15) is 44.9 Å². The average molecular weight is 488 g/mol. The molecular formula is C19H28N4O11. The van der Waals surface area contributed by atoms with E-state index in [9.17, 15) is 38.7 Å². The predicted molar refractivity (Wildman–Crippen MR) is 110 cm³/mol. The highest BCUT2D eigenvalue weighted by atomic mass is 16.4. The number of likely N-dealkylation sites (tertiary alicyclic amines) is 1. The Balaban J connectivity index is 2.93. The van der Waals surface area contributed by atoms with E-state index in [4.69, 9.17) is 21.1 Å². The number of hydrogen-bond acceptors (Lipinski definition) is 8. The van der Waals surface area contributed by atoms with Crippen molar-refractivity contribution < 1.29 is 54.0 Å². The van der Waals surface area contributed by atoms with Crippen LogP contribution in [0, 0.1) is 0 Å². The molecule has 1 fully saturated rings. The van der Waals surface area contributed by atoms with Crippen LogP contribution in [0.15, 0.2) is 0 Å². The monoisotopic (exact) mass is 488 g/mol. The van der Waals surface area contributed by atoms with Crippen LogP contribution in [-0.2, 0) is 33.6 Å². The Hall–Kier alpha value is -3.75. The van der Waals surface area contributed by atoms with Crippen molar-refractivity contribution >= 4 is 41.6 Å². The van der Waals surface area contributed by atoms with Crippen molar-refractivity contribution in [2.75, 3.05) is 6.54 Å². The summed E-state index contributed by atoms with van der Waals surface area (Å²) in [4.78, 5) is 82.8. The van der Waals surface area contributed by atoms with E-state index in [1.54, 1.807) is 0 Å². The number of amides is 3. The minimum atomic E-state index is -1.60. The number of aliphatic carboxylic acids is 4. The summed E-state index contributed by atoms with van der Waals surface area (Å²) in [5.74, 6) is -8.06. The quantitative estimate of drug-likeness (QED) is 0.135. The van der Waals surface area contributed by atoms with E-state index in [0.717, 1.165) is 4.90 Å². The molecule has 3 amide bonds. The van der Waals surface area contributed by atoms with Gasteiger partial charge in [-0.3, -0.25) is 28.8 Å². The predicted octanol–water partition coefficient (Wildman–Crippen LogP) is -2.44. The molecule has 1 heterocycles. The molecule has 0 spiro atoms. The number of hydrogen-bond donors (Lipinski definition) is 7. The maximum atomic E-state index is 13.0. The zero-order valence-corrected chi connectivity index (χ0v) is 18.1. The molecule has 34 heavy (non-hydrogen) atoms. The van der Waals surface area contributed by atoms with Crippen LogP contribution in [0.3, 0.4) is 0 Å². The van der Waals surface area contributed by atoms with Gasteiger partial charge in [-0.1, -0.05) is 0 Å². The molecule has 0 aromatic carbocycles. The first-order valence-electron chi connectivity index (χ1n) is 10.4. The van der Waals surface area contributed by atoms with Gasteiger partial charge in [0.15, 0.2) is 0 Å². The smallest absolute Gasteiger partial charge is 0.326 e. The number of nitrogens with zero attached hydrogens (tertiary/aromatic N) is 1. The molecule has 15 heteroatoms. The van der Waals surface area contributed by atoms with Gasteiger partial charge in [0.2, 0.25) is 17.7 Å². The van der Waals surface area contributed by atoms with Gasteiger partial charge in [0.05, 0.1) is 12.5 Å². The third-order valence-electron chi connectivity index (χ3n) is 5.10. The average Bonchev–Trinajstić information content (AvgIpc) is 3.22. The second kappa shape index (κ2) is 13.1. The van der Waals surface area contributed by atoms with E-state index >= 15 is 0 Å². The summed E-state index contributed by atoms with van der Waals surface area (Å²) >= 11 is 0. The van der Waals surface area contributed by atoms with E-state index in [1.165, 1.54) is 0 Å². The number of carboxylic acid groups (broad SMARTS) is 4. The maximum Gasteiger partial charge on any atom is 0.326 e. The molecule has 190 valence electrons. The normalized spacial score (nSPS) is 17.8. The number of carboxylic acids is 4. The molecule has 0 saturated carbocycles. The second-order valence-electron chi connectivity index (χ2n) is 7.72. The molecule has 0 aromatic heterocycles. The molecule has 4 unspecified atom stereocenters. The van der Waals surface area contributed by atoms with Crippen LogP contribution in [0.2, 0.25) is 0 Å². The molecule has 1 saturated heterocycles. The molecule has 0 radical (unpaired) electrons. The Morgan fingerprint density at radius 2 is 1.44 bits per heavy atom. The highest BCUT2D eigenvalue weighted by Crippen LogP contribution is 2.20. The number of rotatable bonds is 14. The van der Waals surface area contributed by atoms with Gasteiger partial charge in [-0.25, -0.2) is 4.79 Å². The highest BCUT2D eigenvalue weighted by Gasteiger charge is 2.39. The summed E-state index contributed by atoms with van der Waals surface area (Å²) in [6, 6.07) is -5.59. The fourth-order valence-electron chi connectivity index (χ4n) is 3.36. The van der Waals surface area contributed by atoms with E-state index in [2.05, 4.69) is 10.6 Å². The van der Waals surface area contributed by atoms with Crippen molar-refractivity contribution in [3.05, 3.63) is 0 Å². The van der Waals surface area contributed by atoms with Crippen LogP contribution < -0.4 is 16.4 Å². The summed E-state index contributed by atoms with van der Waals surface area (Å²) < 4.78 is 0. The molecule has 8 N–H and O–H groups in total. The van der Waals surface area contributed by atoms with Crippen molar-refractivity contribution in [2.24, 2.45) is 5.73 Å². The van der Waals surface area contributed by atoms with Crippen LogP contribution in [0.4, 0.5) is 0 Å². The summed E-state index contributed by atoms with van der Waals surface area (Å²) in [5, 5.41) is 40.1. The van der Waals surface area contributed by atoms with Gasteiger partial charge in [0.25, 0.3) is 0 Å². The lowest BCUT2D eigenvalue weighted by Crippen LogP contribution is -2.57. The van der Waals surface area contributed by atoms with Crippen molar-refractivity contribution in [2.45, 2.75) is 69.1 Å². The summed E-state index contributed by atoms with van der Waals surface area (Å²) in [6.45, 7) is 0.0286. The first kappa shape index (κ1) is 28.3. The molecule has 1 aliphatic heterocycles. The lowest BCUT2D eigenvalue weighted by atomic mass is 10.1. The van der Waals surface area contributed by atoms with Gasteiger partial charge in [0, 0.05) is 19.4 Å². The molecule has 1 aliphatic rings. The zero-order chi connectivity index (χ0) is 26.0. The highest BCUT2D eigenvalue weighted by molar-refractivity contribution is 5.96. The second-order valence-corrected chi connectivity index (χ2v) is 7.72. The van der Waals surface area contributed by atoms with E-state index in [0.29, 0.717) is 6.42 Å². The van der Waals surface area contributed by atoms with Crippen molar-refractivity contribution in [3.63, 3.8) is 0 Å². The van der Waals surface area contributed by atoms with Crippen LogP contribution >= 0.6 is 0 Å². The third kappa shape index (κ3) is 9.01. The molecule has 1 rings (SSSR count). The third-order valence-corrected chi connectivity index (χ3v) is 5.10. The van der Waals surface area contributed by atoms with Crippen molar-refractivity contribution in [1.82, 2.24) is 15.5 Å². The van der Waals surface area contributed by atoms with Gasteiger partial charge in [0.1, 0.15) is 18.1 Å². The fourth-order valence-corrected chi connectivity index (χ4v) is 3.36. The number of nitrogens with one attached hydrogen (secondary N) is 2. The SMILES string of the molecule is NC(CCC(=O)O)C(=O)NC(CC(=O)O)C(=O)N1CCCC1C(=O)NC(CCC(=O)O)C(=O)O. The van der Waals surface area contributed by atoms with Crippen LogP contribution in [0.5, 0.6) is 0 Å². The Kier molecular flexibility index (Phi) is 10.9. The van der Waals surface area contributed by atoms with Gasteiger partial charge < -0.3 is 41.7 Å². The number of carbonyl (C=O) groups is 7. The first-order chi connectivity index (χ1) is 15.8. The molecular weight excluding hydrogens is 460 g/mol. The minimum absolute atomic E-state index is 0.0286. The van der Waals surface area contributed by atoms with Gasteiger partial charge in [-0.15, -0.1) is 0 Å².